The Balaban J connectivity index is 2.45. The molecule has 0 atom stereocenters. The molecule has 2 nitrogen and oxygen atoms in total. The number of alkyl halides is 3. The Hall–Kier alpha value is -2.25. The Bertz CT molecular complexity index is 953. The van der Waals surface area contributed by atoms with Crippen LogP contribution in [0.1, 0.15) is 13.8 Å². The first-order valence-corrected chi connectivity index (χ1v) is 9.17. The Morgan fingerprint density at radius 1 is 1.14 bits per heavy atom. The number of nitrogens with one attached hydrogen (secondary N) is 1. The van der Waals surface area contributed by atoms with Crippen LogP contribution in [0.2, 0.25) is 5.02 Å². The molecule has 8 heteroatoms. The van der Waals surface area contributed by atoms with E-state index in [9.17, 15) is 22.4 Å². The second-order valence-electron chi connectivity index (χ2n) is 5.88. The highest BCUT2D eigenvalue weighted by molar-refractivity contribution is 8.07. The standard InChI is InChI=1S/C20H16ClF4NOS/c1-11(2)28-18(12(3)20(23,24)25)19(27)26-17-7-5-4-6-14(17)13-8-9-16(22)15(21)10-13/h4-10H,1H2,2-3H3,(H,26,27)/b18-12+. The molecule has 2 aromatic rings. The number of hydrogen-bond acceptors (Lipinski definition) is 2. The fourth-order valence-electron chi connectivity index (χ4n) is 2.28. The number of halogens is 5. The molecular formula is C20H16ClF4NOS. The minimum atomic E-state index is -4.65. The van der Waals surface area contributed by atoms with E-state index in [2.05, 4.69) is 11.9 Å². The number of para-hydroxylation sites is 1. The number of carbonyl (C=O) groups excluding carboxylic acids is 1. The summed E-state index contributed by atoms with van der Waals surface area (Å²) in [5.74, 6) is -1.51. The molecule has 0 aromatic heterocycles. The Morgan fingerprint density at radius 3 is 2.36 bits per heavy atom. The normalized spacial score (nSPS) is 12.4. The fourth-order valence-corrected chi connectivity index (χ4v) is 3.22. The topological polar surface area (TPSA) is 29.1 Å². The summed E-state index contributed by atoms with van der Waals surface area (Å²) in [6, 6.07) is 10.5. The second-order valence-corrected chi connectivity index (χ2v) is 7.60. The van der Waals surface area contributed by atoms with Crippen molar-refractivity contribution >= 4 is 35.0 Å². The zero-order chi connectivity index (χ0) is 21.1. The monoisotopic (exact) mass is 429 g/mol. The summed E-state index contributed by atoms with van der Waals surface area (Å²) in [5.41, 5.74) is 0.250. The molecule has 0 spiro atoms. The lowest BCUT2D eigenvalue weighted by atomic mass is 10.0. The fraction of sp³-hybridized carbons (Fsp3) is 0.150. The summed E-state index contributed by atoms with van der Waals surface area (Å²) in [5, 5.41) is 2.40. The molecule has 0 bridgehead atoms. The van der Waals surface area contributed by atoms with E-state index in [1.807, 2.05) is 0 Å². The van der Waals surface area contributed by atoms with Gasteiger partial charge in [-0.05, 0) is 42.5 Å². The van der Waals surface area contributed by atoms with Crippen molar-refractivity contribution in [3.8, 4) is 11.1 Å². The van der Waals surface area contributed by atoms with E-state index in [0.29, 0.717) is 27.8 Å². The lowest BCUT2D eigenvalue weighted by molar-refractivity contribution is -0.114. The maximum Gasteiger partial charge on any atom is 0.413 e. The summed E-state index contributed by atoms with van der Waals surface area (Å²) in [6.07, 6.45) is -4.65. The molecule has 0 aliphatic heterocycles. The summed E-state index contributed by atoms with van der Waals surface area (Å²) in [4.78, 5) is 12.5. The van der Waals surface area contributed by atoms with E-state index < -0.39 is 28.4 Å². The van der Waals surface area contributed by atoms with Crippen LogP contribution in [-0.2, 0) is 4.79 Å². The number of allylic oxidation sites excluding steroid dienone is 2. The van der Waals surface area contributed by atoms with E-state index >= 15 is 0 Å². The van der Waals surface area contributed by atoms with Crippen LogP contribution in [0.3, 0.4) is 0 Å². The summed E-state index contributed by atoms with van der Waals surface area (Å²) in [7, 11) is 0. The van der Waals surface area contributed by atoms with Gasteiger partial charge in [0.05, 0.1) is 9.93 Å². The number of thioether (sulfide) groups is 1. The van der Waals surface area contributed by atoms with Crippen molar-refractivity contribution < 1.29 is 22.4 Å². The Labute approximate surface area is 169 Å². The molecular weight excluding hydrogens is 414 g/mol. The number of anilines is 1. The molecule has 0 saturated carbocycles. The van der Waals surface area contributed by atoms with Crippen molar-refractivity contribution in [2.75, 3.05) is 5.32 Å². The van der Waals surface area contributed by atoms with E-state index in [4.69, 9.17) is 11.6 Å². The molecule has 0 radical (unpaired) electrons. The van der Waals surface area contributed by atoms with Crippen LogP contribution in [0.5, 0.6) is 0 Å². The number of rotatable bonds is 5. The number of amides is 1. The van der Waals surface area contributed by atoms with Gasteiger partial charge in [-0.15, -0.1) is 0 Å². The molecule has 28 heavy (non-hydrogen) atoms. The van der Waals surface area contributed by atoms with Crippen LogP contribution < -0.4 is 5.32 Å². The molecule has 0 heterocycles. The van der Waals surface area contributed by atoms with Gasteiger partial charge >= 0.3 is 6.18 Å². The smallest absolute Gasteiger partial charge is 0.321 e. The zero-order valence-electron chi connectivity index (χ0n) is 15.0. The third-order valence-corrected chi connectivity index (χ3v) is 4.99. The minimum Gasteiger partial charge on any atom is -0.321 e. The predicted molar refractivity (Wildman–Crippen MR) is 107 cm³/mol. The van der Waals surface area contributed by atoms with Gasteiger partial charge in [0.1, 0.15) is 5.82 Å². The highest BCUT2D eigenvalue weighted by atomic mass is 35.5. The quantitative estimate of drug-likeness (QED) is 0.402. The van der Waals surface area contributed by atoms with Crippen molar-refractivity contribution in [1.29, 1.82) is 0 Å². The van der Waals surface area contributed by atoms with Crippen LogP contribution in [-0.4, -0.2) is 12.1 Å². The summed E-state index contributed by atoms with van der Waals surface area (Å²) in [6.45, 7) is 5.92. The average Bonchev–Trinajstić information content (AvgIpc) is 2.61. The molecule has 0 aliphatic rings. The van der Waals surface area contributed by atoms with E-state index in [1.54, 1.807) is 18.2 Å². The van der Waals surface area contributed by atoms with Gasteiger partial charge in [-0.1, -0.05) is 54.2 Å². The zero-order valence-corrected chi connectivity index (χ0v) is 16.5. The predicted octanol–water partition coefficient (Wildman–Crippen LogP) is 7.19. The molecule has 2 aromatic carbocycles. The van der Waals surface area contributed by atoms with E-state index in [1.165, 1.54) is 31.2 Å². The van der Waals surface area contributed by atoms with Crippen LogP contribution in [0.4, 0.5) is 23.2 Å². The van der Waals surface area contributed by atoms with Gasteiger partial charge in [0.15, 0.2) is 0 Å². The molecule has 148 valence electrons. The maximum absolute atomic E-state index is 13.4. The SMILES string of the molecule is C=C(C)S/C(C(=O)Nc1ccccc1-c1ccc(F)c(Cl)c1)=C(\C)C(F)(F)F. The Morgan fingerprint density at radius 2 is 1.79 bits per heavy atom. The number of benzene rings is 2. The summed E-state index contributed by atoms with van der Waals surface area (Å²) >= 11 is 6.46. The first-order valence-electron chi connectivity index (χ1n) is 7.98. The lowest BCUT2D eigenvalue weighted by Gasteiger charge is -2.16. The van der Waals surface area contributed by atoms with Crippen LogP contribution in [0.15, 0.2) is 64.4 Å². The number of hydrogen-bond donors (Lipinski definition) is 1. The minimum absolute atomic E-state index is 0.107. The third-order valence-electron chi connectivity index (χ3n) is 3.65. The first-order chi connectivity index (χ1) is 13.0. The second kappa shape index (κ2) is 8.84. The van der Waals surface area contributed by atoms with Gasteiger partial charge in [-0.25, -0.2) is 4.39 Å². The van der Waals surface area contributed by atoms with Crippen molar-refractivity contribution in [3.05, 3.63) is 75.3 Å². The highest BCUT2D eigenvalue weighted by Gasteiger charge is 2.35. The lowest BCUT2D eigenvalue weighted by Crippen LogP contribution is -2.20. The molecule has 1 N–H and O–H groups in total. The van der Waals surface area contributed by atoms with Crippen LogP contribution >= 0.6 is 23.4 Å². The van der Waals surface area contributed by atoms with Crippen LogP contribution in [0.25, 0.3) is 11.1 Å². The molecule has 0 aliphatic carbocycles. The van der Waals surface area contributed by atoms with Gasteiger partial charge in [0.2, 0.25) is 0 Å². The summed E-state index contributed by atoms with van der Waals surface area (Å²) < 4.78 is 52.9. The largest absolute Gasteiger partial charge is 0.413 e. The number of carbonyl (C=O) groups is 1. The van der Waals surface area contributed by atoms with Crippen molar-refractivity contribution in [1.82, 2.24) is 0 Å². The van der Waals surface area contributed by atoms with E-state index in [-0.39, 0.29) is 10.7 Å². The van der Waals surface area contributed by atoms with Crippen molar-refractivity contribution in [2.24, 2.45) is 0 Å². The maximum atomic E-state index is 13.4. The first kappa shape index (κ1) is 22.0. The van der Waals surface area contributed by atoms with Gasteiger partial charge in [0.25, 0.3) is 5.91 Å². The van der Waals surface area contributed by atoms with Gasteiger partial charge in [-0.3, -0.25) is 4.79 Å². The molecule has 1 amide bonds. The van der Waals surface area contributed by atoms with Gasteiger partial charge < -0.3 is 5.32 Å². The van der Waals surface area contributed by atoms with Crippen LogP contribution in [0, 0.1) is 5.82 Å². The highest BCUT2D eigenvalue weighted by Crippen LogP contribution is 2.37. The third kappa shape index (κ3) is 5.39. The van der Waals surface area contributed by atoms with E-state index in [0.717, 1.165) is 6.92 Å². The Kier molecular flexibility index (Phi) is 6.96. The van der Waals surface area contributed by atoms with Gasteiger partial charge in [-0.2, -0.15) is 13.2 Å². The molecule has 0 saturated heterocycles. The average molecular weight is 430 g/mol. The molecule has 2 rings (SSSR count). The van der Waals surface area contributed by atoms with Crippen molar-refractivity contribution in [3.63, 3.8) is 0 Å². The molecule has 0 unspecified atom stereocenters. The molecule has 0 fully saturated rings. The van der Waals surface area contributed by atoms with Gasteiger partial charge in [0, 0.05) is 16.8 Å². The van der Waals surface area contributed by atoms with Crippen molar-refractivity contribution in [2.45, 2.75) is 20.0 Å².